The molecule has 0 aliphatic carbocycles. The zero-order chi connectivity index (χ0) is 13.6. The van der Waals surface area contributed by atoms with Gasteiger partial charge in [-0.3, -0.25) is 0 Å². The summed E-state index contributed by atoms with van der Waals surface area (Å²) in [5.41, 5.74) is 0.675. The van der Waals surface area contributed by atoms with Crippen molar-refractivity contribution in [3.63, 3.8) is 0 Å². The average Bonchev–Trinajstić information content (AvgIpc) is 2.36. The monoisotopic (exact) mass is 290 g/mol. The van der Waals surface area contributed by atoms with Gasteiger partial charge in [-0.1, -0.05) is 30.3 Å². The first kappa shape index (κ1) is 15.0. The van der Waals surface area contributed by atoms with E-state index in [9.17, 15) is 13.2 Å². The van der Waals surface area contributed by atoms with Crippen LogP contribution >= 0.6 is 11.9 Å². The molecule has 1 aromatic carbocycles. The summed E-state index contributed by atoms with van der Waals surface area (Å²) in [5.74, 6) is -0.140. The summed E-state index contributed by atoms with van der Waals surface area (Å²) in [4.78, 5) is 13.2. The molecule has 0 aliphatic heterocycles. The summed E-state index contributed by atoms with van der Waals surface area (Å²) in [6, 6.07) is 8.78. The van der Waals surface area contributed by atoms with Crippen LogP contribution in [0.15, 0.2) is 30.3 Å². The molecule has 0 spiro atoms. The largest absolute Gasteiger partial charge is 0.460 e. The molecule has 1 rings (SSSR count). The summed E-state index contributed by atoms with van der Waals surface area (Å²) in [6.07, 6.45) is 0. The summed E-state index contributed by atoms with van der Waals surface area (Å²) in [6.45, 7) is 0. The average molecular weight is 290 g/mol. The Morgan fingerprint density at radius 3 is 2.56 bits per heavy atom. The highest BCUT2D eigenvalue weighted by molar-refractivity contribution is 8.11. The van der Waals surface area contributed by atoms with E-state index in [0.717, 1.165) is 4.41 Å². The number of hydrogen-bond donors (Lipinski definition) is 1. The van der Waals surface area contributed by atoms with Gasteiger partial charge in [-0.15, -0.1) is 4.41 Å². The number of nitrogens with one attached hydrogen (secondary N) is 1. The maximum absolute atomic E-state index is 11.9. The molecule has 1 aromatic rings. The van der Waals surface area contributed by atoms with E-state index in [1.54, 1.807) is 24.3 Å². The molecule has 1 N–H and O–H groups in total. The quantitative estimate of drug-likeness (QED) is 0.501. The number of rotatable bonds is 5. The second-order valence-electron chi connectivity index (χ2n) is 3.36. The van der Waals surface area contributed by atoms with Crippen molar-refractivity contribution in [2.75, 3.05) is 14.2 Å². The van der Waals surface area contributed by atoms with Crippen molar-refractivity contribution in [3.8, 4) is 0 Å². The van der Waals surface area contributed by atoms with Crippen LogP contribution in [-0.4, -0.2) is 32.3 Å². The molecule has 8 heteroatoms. The van der Waals surface area contributed by atoms with Gasteiger partial charge in [0.05, 0.1) is 24.8 Å². The minimum absolute atomic E-state index is 0.140. The zero-order valence-electron chi connectivity index (χ0n) is 9.99. The standard InChI is InChI=1S/C10H14N2O4S2/c1-12(11-17-10(13)16-2)18(14,15)8-9-6-4-3-5-7-9/h3-7,11H,8H2,1-2H3. The predicted molar refractivity (Wildman–Crippen MR) is 70.0 cm³/mol. The number of sulfonamides is 1. The van der Waals surface area contributed by atoms with Gasteiger partial charge >= 0.3 is 5.30 Å². The van der Waals surface area contributed by atoms with Crippen molar-refractivity contribution in [1.29, 1.82) is 0 Å². The minimum Gasteiger partial charge on any atom is -0.460 e. The van der Waals surface area contributed by atoms with Crippen LogP contribution in [0.3, 0.4) is 0 Å². The molecule has 0 radical (unpaired) electrons. The molecule has 0 unspecified atom stereocenters. The summed E-state index contributed by atoms with van der Waals surface area (Å²) >= 11 is 0.558. The molecular formula is C10H14N2O4S2. The van der Waals surface area contributed by atoms with Gasteiger partial charge in [0.15, 0.2) is 0 Å². The summed E-state index contributed by atoms with van der Waals surface area (Å²) in [7, 11) is -0.978. The normalized spacial score (nSPS) is 11.5. The molecule has 0 bridgehead atoms. The van der Waals surface area contributed by atoms with Crippen LogP contribution in [0, 0.1) is 0 Å². The third kappa shape index (κ3) is 4.65. The van der Waals surface area contributed by atoms with Gasteiger partial charge in [0.1, 0.15) is 0 Å². The van der Waals surface area contributed by atoms with Gasteiger partial charge in [0, 0.05) is 7.05 Å². The lowest BCUT2D eigenvalue weighted by Crippen LogP contribution is -2.36. The first-order valence-corrected chi connectivity index (χ1v) is 7.39. The van der Waals surface area contributed by atoms with Gasteiger partial charge in [0.25, 0.3) is 0 Å². The lowest BCUT2D eigenvalue weighted by atomic mass is 10.2. The van der Waals surface area contributed by atoms with Crippen molar-refractivity contribution in [3.05, 3.63) is 35.9 Å². The number of ether oxygens (including phenoxy) is 1. The van der Waals surface area contributed by atoms with Crippen LogP contribution in [0.5, 0.6) is 0 Å². The highest BCUT2D eigenvalue weighted by Gasteiger charge is 2.19. The SMILES string of the molecule is COC(=O)SNN(C)S(=O)(=O)Cc1ccccc1. The van der Waals surface area contributed by atoms with E-state index in [4.69, 9.17) is 0 Å². The lowest BCUT2D eigenvalue weighted by molar-refractivity contribution is 0.200. The molecule has 0 saturated heterocycles. The van der Waals surface area contributed by atoms with Crippen LogP contribution in [-0.2, 0) is 20.5 Å². The van der Waals surface area contributed by atoms with Crippen molar-refractivity contribution in [2.45, 2.75) is 5.75 Å². The number of carbonyl (C=O) groups excluding carboxylic acids is 1. The second kappa shape index (κ2) is 6.74. The van der Waals surface area contributed by atoms with Crippen LogP contribution in [0.25, 0.3) is 0 Å². The summed E-state index contributed by atoms with van der Waals surface area (Å²) < 4.78 is 29.1. The molecular weight excluding hydrogens is 276 g/mol. The van der Waals surface area contributed by atoms with E-state index in [1.807, 2.05) is 6.07 Å². The zero-order valence-corrected chi connectivity index (χ0v) is 11.6. The number of carbonyl (C=O) groups is 1. The van der Waals surface area contributed by atoms with Crippen LogP contribution < -0.4 is 4.83 Å². The fourth-order valence-corrected chi connectivity index (χ4v) is 2.74. The van der Waals surface area contributed by atoms with Crippen molar-refractivity contribution < 1.29 is 17.9 Å². The molecule has 18 heavy (non-hydrogen) atoms. The van der Waals surface area contributed by atoms with Gasteiger partial charge in [-0.05, 0) is 5.56 Å². The van der Waals surface area contributed by atoms with E-state index in [-0.39, 0.29) is 5.75 Å². The maximum Gasteiger partial charge on any atom is 0.383 e. The third-order valence-corrected chi connectivity index (χ3v) is 4.47. The smallest absolute Gasteiger partial charge is 0.383 e. The molecule has 0 amide bonds. The highest BCUT2D eigenvalue weighted by Crippen LogP contribution is 2.09. The third-order valence-electron chi connectivity index (χ3n) is 2.03. The second-order valence-corrected chi connectivity index (χ2v) is 6.08. The predicted octanol–water partition coefficient (Wildman–Crippen LogP) is 1.37. The maximum atomic E-state index is 11.9. The van der Waals surface area contributed by atoms with Gasteiger partial charge in [-0.25, -0.2) is 13.2 Å². The molecule has 0 saturated carbocycles. The lowest BCUT2D eigenvalue weighted by Gasteiger charge is -2.16. The molecule has 0 aliphatic rings. The first-order valence-electron chi connectivity index (χ1n) is 4.96. The van der Waals surface area contributed by atoms with Crippen molar-refractivity contribution in [2.24, 2.45) is 0 Å². The molecule has 0 atom stereocenters. The Labute approximate surface area is 110 Å². The Morgan fingerprint density at radius 1 is 1.39 bits per heavy atom. The Hall–Kier alpha value is -1.09. The fourth-order valence-electron chi connectivity index (χ4n) is 1.08. The fraction of sp³-hybridized carbons (Fsp3) is 0.300. The topological polar surface area (TPSA) is 75.7 Å². The van der Waals surface area contributed by atoms with Gasteiger partial charge in [-0.2, -0.15) is 4.83 Å². The molecule has 6 nitrogen and oxygen atoms in total. The number of hydrogen-bond acceptors (Lipinski definition) is 6. The number of benzene rings is 1. The molecule has 100 valence electrons. The van der Waals surface area contributed by atoms with E-state index < -0.39 is 15.3 Å². The minimum atomic E-state index is -3.52. The van der Waals surface area contributed by atoms with E-state index in [0.29, 0.717) is 17.5 Å². The van der Waals surface area contributed by atoms with Gasteiger partial charge < -0.3 is 4.74 Å². The number of nitrogens with zero attached hydrogens (tertiary/aromatic N) is 1. The highest BCUT2D eigenvalue weighted by atomic mass is 32.2. The van der Waals surface area contributed by atoms with Gasteiger partial charge in [0.2, 0.25) is 10.0 Å². The Bertz CT molecular complexity index is 490. The van der Waals surface area contributed by atoms with E-state index >= 15 is 0 Å². The number of methoxy groups -OCH3 is 1. The first-order chi connectivity index (χ1) is 8.45. The molecule has 0 fully saturated rings. The van der Waals surface area contributed by atoms with E-state index in [2.05, 4.69) is 9.57 Å². The van der Waals surface area contributed by atoms with Crippen molar-refractivity contribution in [1.82, 2.24) is 9.25 Å². The Morgan fingerprint density at radius 2 is 2.00 bits per heavy atom. The Kier molecular flexibility index (Phi) is 5.60. The van der Waals surface area contributed by atoms with Crippen LogP contribution in [0.1, 0.15) is 5.56 Å². The van der Waals surface area contributed by atoms with Crippen LogP contribution in [0.2, 0.25) is 0 Å². The molecule has 0 aromatic heterocycles. The summed E-state index contributed by atoms with van der Waals surface area (Å²) in [5, 5.41) is -0.614. The van der Waals surface area contributed by atoms with E-state index in [1.165, 1.54) is 14.2 Å². The number of hydrazine groups is 1. The van der Waals surface area contributed by atoms with Crippen LogP contribution in [0.4, 0.5) is 4.79 Å². The Balaban J connectivity index is 2.61. The van der Waals surface area contributed by atoms with Crippen molar-refractivity contribution >= 4 is 27.3 Å². The molecule has 0 heterocycles.